The second-order valence-corrected chi connectivity index (χ2v) is 9.11. The number of rotatable bonds is 7. The molecule has 1 aromatic heterocycles. The van der Waals surface area contributed by atoms with Crippen LogP contribution in [0, 0.1) is 0 Å². The van der Waals surface area contributed by atoms with Crippen molar-refractivity contribution in [2.45, 2.75) is 13.0 Å². The number of ether oxygens (including phenoxy) is 1. The third-order valence-electron chi connectivity index (χ3n) is 5.75. The Morgan fingerprint density at radius 1 is 1.08 bits per heavy atom. The zero-order chi connectivity index (χ0) is 25.2. The van der Waals surface area contributed by atoms with E-state index in [1.54, 1.807) is 30.3 Å². The zero-order valence-corrected chi connectivity index (χ0v) is 20.1. The van der Waals surface area contributed by atoms with Crippen molar-refractivity contribution in [2.24, 2.45) is 0 Å². The Hall–Kier alpha value is -4.43. The summed E-state index contributed by atoms with van der Waals surface area (Å²) in [6.45, 7) is 2.41. The van der Waals surface area contributed by atoms with Gasteiger partial charge in [0.1, 0.15) is 11.5 Å². The van der Waals surface area contributed by atoms with Crippen molar-refractivity contribution >= 4 is 44.5 Å². The summed E-state index contributed by atoms with van der Waals surface area (Å²) in [5.41, 5.74) is 1.85. The summed E-state index contributed by atoms with van der Waals surface area (Å²) in [7, 11) is 0. The molecule has 1 aliphatic heterocycles. The van der Waals surface area contributed by atoms with Crippen molar-refractivity contribution < 1.29 is 24.5 Å². The molecule has 180 valence electrons. The Labute approximate surface area is 211 Å². The smallest absolute Gasteiger partial charge is 0.296 e. The number of anilines is 1. The number of aromatic hydroxyl groups is 1. The molecule has 1 aliphatic rings. The van der Waals surface area contributed by atoms with Crippen LogP contribution in [-0.2, 0) is 9.59 Å². The van der Waals surface area contributed by atoms with Crippen molar-refractivity contribution in [3.8, 4) is 11.5 Å². The molecular weight excluding hydrogens is 476 g/mol. The molecule has 3 aromatic carbocycles. The molecule has 5 rings (SSSR count). The Morgan fingerprint density at radius 2 is 1.89 bits per heavy atom. The highest BCUT2D eigenvalue weighted by atomic mass is 32.1. The van der Waals surface area contributed by atoms with Gasteiger partial charge < -0.3 is 14.9 Å². The second kappa shape index (κ2) is 9.67. The summed E-state index contributed by atoms with van der Waals surface area (Å²) in [5, 5.41) is 21.3. The van der Waals surface area contributed by atoms with Gasteiger partial charge in [-0.15, -0.1) is 0 Å². The molecule has 2 N–H and O–H groups in total. The van der Waals surface area contributed by atoms with Crippen molar-refractivity contribution in [2.75, 3.05) is 11.5 Å². The maximum atomic E-state index is 13.3. The summed E-state index contributed by atoms with van der Waals surface area (Å²) in [6.07, 6.45) is 2.96. The Morgan fingerprint density at radius 3 is 2.64 bits per heavy atom. The maximum absolute atomic E-state index is 13.3. The lowest BCUT2D eigenvalue weighted by Crippen LogP contribution is -2.30. The lowest BCUT2D eigenvalue weighted by Gasteiger charge is -2.24. The summed E-state index contributed by atoms with van der Waals surface area (Å²) in [4.78, 5) is 32.6. The predicted octanol–water partition coefficient (Wildman–Crippen LogP) is 5.58. The van der Waals surface area contributed by atoms with E-state index in [-0.39, 0.29) is 11.3 Å². The van der Waals surface area contributed by atoms with Crippen molar-refractivity contribution in [1.29, 1.82) is 0 Å². The topological polar surface area (TPSA) is 100.0 Å². The SMILES string of the molecule is CCOc1ccc2nc(N3C(=O)C(O)=C(C(=O)/C=C/c4ccccc4)C3c3cccc(O)c3)sc2c1. The van der Waals surface area contributed by atoms with Crippen LogP contribution in [-0.4, -0.2) is 33.5 Å². The number of carbonyl (C=O) groups is 2. The molecule has 8 heteroatoms. The molecule has 1 amide bonds. The van der Waals surface area contributed by atoms with E-state index in [9.17, 15) is 19.8 Å². The van der Waals surface area contributed by atoms with Crippen LogP contribution in [0.2, 0.25) is 0 Å². The Bertz CT molecular complexity index is 1520. The van der Waals surface area contributed by atoms with E-state index in [0.717, 1.165) is 10.3 Å². The fraction of sp³-hybridized carbons (Fsp3) is 0.107. The number of ketones is 1. The fourth-order valence-electron chi connectivity index (χ4n) is 4.14. The highest BCUT2D eigenvalue weighted by molar-refractivity contribution is 7.22. The number of carbonyl (C=O) groups excluding carboxylic acids is 2. The van der Waals surface area contributed by atoms with Gasteiger partial charge in [-0.3, -0.25) is 14.5 Å². The van der Waals surface area contributed by atoms with Gasteiger partial charge in [0.25, 0.3) is 5.91 Å². The van der Waals surface area contributed by atoms with Gasteiger partial charge in [0, 0.05) is 0 Å². The number of phenolic OH excluding ortho intramolecular Hbond substituents is 1. The highest BCUT2D eigenvalue weighted by Crippen LogP contribution is 2.44. The first-order valence-electron chi connectivity index (χ1n) is 11.3. The third-order valence-corrected chi connectivity index (χ3v) is 6.77. The summed E-state index contributed by atoms with van der Waals surface area (Å²) in [6, 6.07) is 20.0. The highest BCUT2D eigenvalue weighted by Gasteiger charge is 2.45. The minimum absolute atomic E-state index is 0.0245. The van der Waals surface area contributed by atoms with Crippen LogP contribution in [0.15, 0.2) is 90.2 Å². The molecular formula is C28H22N2O5S. The van der Waals surface area contributed by atoms with Gasteiger partial charge >= 0.3 is 0 Å². The minimum atomic E-state index is -0.968. The molecule has 4 aromatic rings. The summed E-state index contributed by atoms with van der Waals surface area (Å²) >= 11 is 1.25. The summed E-state index contributed by atoms with van der Waals surface area (Å²) < 4.78 is 6.37. The van der Waals surface area contributed by atoms with Gasteiger partial charge in [-0.25, -0.2) is 4.98 Å². The van der Waals surface area contributed by atoms with Crippen LogP contribution in [0.25, 0.3) is 16.3 Å². The van der Waals surface area contributed by atoms with E-state index in [1.165, 1.54) is 34.4 Å². The summed E-state index contributed by atoms with van der Waals surface area (Å²) in [5.74, 6) is -1.23. The van der Waals surface area contributed by atoms with E-state index in [2.05, 4.69) is 4.98 Å². The van der Waals surface area contributed by atoms with Crippen molar-refractivity contribution in [3.63, 3.8) is 0 Å². The van der Waals surface area contributed by atoms with E-state index < -0.39 is 23.5 Å². The Balaban J connectivity index is 1.59. The van der Waals surface area contributed by atoms with Crippen LogP contribution < -0.4 is 9.64 Å². The molecule has 0 bridgehead atoms. The van der Waals surface area contributed by atoms with Gasteiger partial charge in [0.15, 0.2) is 16.7 Å². The monoisotopic (exact) mass is 498 g/mol. The average Bonchev–Trinajstić information content (AvgIpc) is 3.41. The lowest BCUT2D eigenvalue weighted by molar-refractivity contribution is -0.117. The molecule has 7 nitrogen and oxygen atoms in total. The van der Waals surface area contributed by atoms with E-state index in [0.29, 0.717) is 28.6 Å². The molecule has 2 heterocycles. The van der Waals surface area contributed by atoms with Crippen LogP contribution in [0.4, 0.5) is 5.13 Å². The first-order valence-corrected chi connectivity index (χ1v) is 12.1. The molecule has 0 saturated heterocycles. The number of fused-ring (bicyclic) bond motifs is 1. The maximum Gasteiger partial charge on any atom is 0.296 e. The molecule has 1 atom stereocenters. The number of amides is 1. The fourth-order valence-corrected chi connectivity index (χ4v) is 5.16. The molecule has 0 spiro atoms. The predicted molar refractivity (Wildman–Crippen MR) is 139 cm³/mol. The van der Waals surface area contributed by atoms with Crippen LogP contribution in [0.5, 0.6) is 11.5 Å². The molecule has 36 heavy (non-hydrogen) atoms. The molecule has 0 fully saturated rings. The van der Waals surface area contributed by atoms with E-state index >= 15 is 0 Å². The first-order chi connectivity index (χ1) is 17.5. The third kappa shape index (κ3) is 4.34. The Kier molecular flexibility index (Phi) is 6.26. The number of hydrogen-bond acceptors (Lipinski definition) is 7. The standard InChI is InChI=1S/C28H22N2O5S/c1-2-35-20-12-13-21-23(16-20)36-28(29-21)30-25(18-9-6-10-19(31)15-18)24(26(33)27(30)34)22(32)14-11-17-7-4-3-5-8-17/h3-16,25,31,33H,2H2,1H3/b14-11+. The number of aliphatic hydroxyl groups excluding tert-OH is 1. The largest absolute Gasteiger partial charge is 0.508 e. The number of phenols is 1. The minimum Gasteiger partial charge on any atom is -0.508 e. The first kappa shape index (κ1) is 23.3. The molecule has 0 aliphatic carbocycles. The number of thiazole rings is 1. The number of benzene rings is 3. The zero-order valence-electron chi connectivity index (χ0n) is 19.3. The van der Waals surface area contributed by atoms with Gasteiger partial charge in [0.05, 0.1) is 28.4 Å². The van der Waals surface area contributed by atoms with Crippen molar-refractivity contribution in [1.82, 2.24) is 4.98 Å². The lowest BCUT2D eigenvalue weighted by atomic mass is 9.95. The average molecular weight is 499 g/mol. The van der Waals surface area contributed by atoms with E-state index in [1.807, 2.05) is 43.3 Å². The second-order valence-electron chi connectivity index (χ2n) is 8.10. The number of aliphatic hydroxyl groups is 1. The van der Waals surface area contributed by atoms with Crippen LogP contribution in [0.3, 0.4) is 0 Å². The van der Waals surface area contributed by atoms with E-state index in [4.69, 9.17) is 4.74 Å². The number of nitrogens with zero attached hydrogens (tertiary/aromatic N) is 2. The normalized spacial score (nSPS) is 15.9. The van der Waals surface area contributed by atoms with Gasteiger partial charge in [-0.05, 0) is 54.5 Å². The van der Waals surface area contributed by atoms with Gasteiger partial charge in [-0.1, -0.05) is 59.9 Å². The molecule has 0 saturated carbocycles. The van der Waals surface area contributed by atoms with Gasteiger partial charge in [-0.2, -0.15) is 0 Å². The van der Waals surface area contributed by atoms with Gasteiger partial charge in [0.2, 0.25) is 0 Å². The van der Waals surface area contributed by atoms with Crippen LogP contribution in [0.1, 0.15) is 24.1 Å². The number of allylic oxidation sites excluding steroid dienone is 1. The quantitative estimate of drug-likeness (QED) is 0.323. The number of aromatic nitrogens is 1. The van der Waals surface area contributed by atoms with Crippen molar-refractivity contribution in [3.05, 3.63) is 101 Å². The molecule has 1 unspecified atom stereocenters. The van der Waals surface area contributed by atoms with Crippen LogP contribution >= 0.6 is 11.3 Å². The molecule has 0 radical (unpaired) electrons. The number of hydrogen-bond donors (Lipinski definition) is 2.